The Hall–Kier alpha value is -3.08. The number of amides is 1. The Morgan fingerprint density at radius 1 is 1.22 bits per heavy atom. The number of alkyl halides is 3. The van der Waals surface area contributed by atoms with Crippen molar-refractivity contribution in [3.8, 4) is 11.3 Å². The van der Waals surface area contributed by atoms with Gasteiger partial charge in [0.1, 0.15) is 6.23 Å². The zero-order valence-electron chi connectivity index (χ0n) is 20.5. The molecule has 200 valence electrons. The number of aliphatic hydroxyl groups is 1. The summed E-state index contributed by atoms with van der Waals surface area (Å²) < 4.78 is 43.0. The number of aliphatic hydroxyl groups excluding tert-OH is 1. The molecule has 9 nitrogen and oxygen atoms in total. The molecule has 3 N–H and O–H groups in total. The van der Waals surface area contributed by atoms with Crippen LogP contribution >= 0.6 is 0 Å². The first-order valence-corrected chi connectivity index (χ1v) is 12.8. The zero-order valence-corrected chi connectivity index (χ0v) is 20.5. The number of azide groups is 1. The molecule has 4 rings (SSSR count). The van der Waals surface area contributed by atoms with E-state index in [0.29, 0.717) is 6.42 Å². The minimum Gasteiger partial charge on any atom is -0.379 e. The highest BCUT2D eigenvalue weighted by Crippen LogP contribution is 2.40. The number of carbonyl (C=O) groups excluding carboxylic acids is 1. The van der Waals surface area contributed by atoms with Gasteiger partial charge in [0.2, 0.25) is 0 Å². The fourth-order valence-electron chi connectivity index (χ4n) is 5.04. The van der Waals surface area contributed by atoms with Crippen LogP contribution in [0.15, 0.2) is 35.4 Å². The molecular formula is C25H32F3N7O2. The maximum Gasteiger partial charge on any atom is 0.417 e. The van der Waals surface area contributed by atoms with Crippen molar-refractivity contribution >= 4 is 5.91 Å². The SMILES string of the molecule is [N-]=[N+]=NCC[C@@H](CC(O)NC1CCC1)NC(=O)c1cc(-c2ccccc2C(F)(F)F)n(C2CCCC2)n1. The molecule has 2 fully saturated rings. The van der Waals surface area contributed by atoms with E-state index in [9.17, 15) is 23.1 Å². The van der Waals surface area contributed by atoms with Crippen LogP contribution in [-0.4, -0.2) is 45.7 Å². The molecule has 2 aromatic rings. The first-order chi connectivity index (χ1) is 17.8. The van der Waals surface area contributed by atoms with Gasteiger partial charge in [-0.1, -0.05) is 42.6 Å². The van der Waals surface area contributed by atoms with Crippen molar-refractivity contribution in [3.63, 3.8) is 0 Å². The summed E-state index contributed by atoms with van der Waals surface area (Å²) in [7, 11) is 0. The summed E-state index contributed by atoms with van der Waals surface area (Å²) in [6.45, 7) is 0.123. The van der Waals surface area contributed by atoms with E-state index in [1.165, 1.54) is 18.2 Å². The van der Waals surface area contributed by atoms with Gasteiger partial charge in [-0.3, -0.25) is 14.8 Å². The van der Waals surface area contributed by atoms with Gasteiger partial charge in [0.15, 0.2) is 5.69 Å². The number of benzene rings is 1. The maximum absolute atomic E-state index is 13.8. The first kappa shape index (κ1) is 27.0. The molecule has 2 atom stereocenters. The maximum atomic E-state index is 13.8. The van der Waals surface area contributed by atoms with Gasteiger partial charge in [0.25, 0.3) is 5.91 Å². The quantitative estimate of drug-likeness (QED) is 0.160. The summed E-state index contributed by atoms with van der Waals surface area (Å²) in [6.07, 6.45) is 1.58. The predicted molar refractivity (Wildman–Crippen MR) is 131 cm³/mol. The Bertz CT molecular complexity index is 1120. The lowest BCUT2D eigenvalue weighted by Gasteiger charge is -2.30. The number of nitrogens with one attached hydrogen (secondary N) is 2. The topological polar surface area (TPSA) is 128 Å². The Labute approximate surface area is 213 Å². The summed E-state index contributed by atoms with van der Waals surface area (Å²) in [4.78, 5) is 16.0. The average Bonchev–Trinajstić information content (AvgIpc) is 3.51. The molecule has 0 spiro atoms. The van der Waals surface area contributed by atoms with Crippen LogP contribution in [0.3, 0.4) is 0 Å². The van der Waals surface area contributed by atoms with Crippen LogP contribution in [0.2, 0.25) is 0 Å². The number of nitrogens with zero attached hydrogens (tertiary/aromatic N) is 5. The zero-order chi connectivity index (χ0) is 26.4. The van der Waals surface area contributed by atoms with Crippen molar-refractivity contribution in [1.82, 2.24) is 20.4 Å². The highest BCUT2D eigenvalue weighted by atomic mass is 19.4. The molecule has 1 aromatic carbocycles. The highest BCUT2D eigenvalue weighted by molar-refractivity contribution is 5.93. The fourth-order valence-corrected chi connectivity index (χ4v) is 5.04. The third kappa shape index (κ3) is 6.82. The largest absolute Gasteiger partial charge is 0.417 e. The van der Waals surface area contributed by atoms with Crippen LogP contribution in [0, 0.1) is 0 Å². The van der Waals surface area contributed by atoms with E-state index in [-0.39, 0.29) is 42.0 Å². The minimum absolute atomic E-state index is 0.00843. The molecule has 2 aliphatic rings. The Morgan fingerprint density at radius 2 is 1.95 bits per heavy atom. The number of hydrogen-bond acceptors (Lipinski definition) is 5. The van der Waals surface area contributed by atoms with Gasteiger partial charge >= 0.3 is 6.18 Å². The molecule has 0 bridgehead atoms. The first-order valence-electron chi connectivity index (χ1n) is 12.8. The molecular weight excluding hydrogens is 487 g/mol. The fraction of sp³-hybridized carbons (Fsp3) is 0.600. The monoisotopic (exact) mass is 519 g/mol. The van der Waals surface area contributed by atoms with Crippen LogP contribution in [0.5, 0.6) is 0 Å². The van der Waals surface area contributed by atoms with E-state index in [2.05, 4.69) is 25.8 Å². The highest BCUT2D eigenvalue weighted by Gasteiger charge is 2.35. The van der Waals surface area contributed by atoms with E-state index in [1.807, 2.05) is 0 Å². The number of hydrogen-bond donors (Lipinski definition) is 3. The summed E-state index contributed by atoms with van der Waals surface area (Å²) in [5, 5.41) is 24.4. The standard InChI is InChI=1S/C25H32F3N7O2/c26-25(27,28)20-11-4-3-10-19(20)22-15-21(33-35(22)18-8-1-2-9-18)24(37)32-17(12-13-30-34-29)14-23(36)31-16-6-5-7-16/h3-4,10-11,15-18,23,31,36H,1-2,5-9,12-14H2,(H,32,37)/t17-,23?/m0/s1. The van der Waals surface area contributed by atoms with Gasteiger partial charge in [-0.25, -0.2) is 0 Å². The molecule has 0 radical (unpaired) electrons. The van der Waals surface area contributed by atoms with Crippen LogP contribution in [0.1, 0.15) is 79.9 Å². The smallest absolute Gasteiger partial charge is 0.379 e. The van der Waals surface area contributed by atoms with E-state index in [1.54, 1.807) is 10.7 Å². The van der Waals surface area contributed by atoms with Gasteiger partial charge < -0.3 is 10.4 Å². The minimum atomic E-state index is -4.56. The normalized spacial score (nSPS) is 18.2. The molecule has 1 amide bonds. The third-order valence-corrected chi connectivity index (χ3v) is 7.16. The number of aromatic nitrogens is 2. The van der Waals surface area contributed by atoms with Crippen LogP contribution < -0.4 is 10.6 Å². The third-order valence-electron chi connectivity index (χ3n) is 7.16. The summed E-state index contributed by atoms with van der Waals surface area (Å²) in [5.74, 6) is -0.552. The number of rotatable bonds is 11. The second kappa shape index (κ2) is 12.0. The van der Waals surface area contributed by atoms with Crippen molar-refractivity contribution in [1.29, 1.82) is 0 Å². The van der Waals surface area contributed by atoms with Gasteiger partial charge in [0, 0.05) is 35.5 Å². The summed E-state index contributed by atoms with van der Waals surface area (Å²) in [6, 6.07) is 6.34. The molecule has 12 heteroatoms. The summed E-state index contributed by atoms with van der Waals surface area (Å²) in [5.41, 5.74) is 8.08. The van der Waals surface area contributed by atoms with E-state index in [0.717, 1.165) is 51.0 Å². The molecule has 2 saturated carbocycles. The van der Waals surface area contributed by atoms with Crippen molar-refractivity contribution in [2.75, 3.05) is 6.54 Å². The van der Waals surface area contributed by atoms with E-state index < -0.39 is 29.9 Å². The van der Waals surface area contributed by atoms with Crippen molar-refractivity contribution in [2.24, 2.45) is 5.11 Å². The van der Waals surface area contributed by atoms with E-state index >= 15 is 0 Å². The van der Waals surface area contributed by atoms with Crippen molar-refractivity contribution < 1.29 is 23.1 Å². The second-order valence-electron chi connectivity index (χ2n) is 9.80. The number of carbonyl (C=O) groups is 1. The van der Waals surface area contributed by atoms with Gasteiger partial charge in [0.05, 0.1) is 17.3 Å². The number of halogens is 3. The molecule has 1 heterocycles. The molecule has 1 unspecified atom stereocenters. The van der Waals surface area contributed by atoms with Gasteiger partial charge in [-0.2, -0.15) is 18.3 Å². The Kier molecular flexibility index (Phi) is 8.73. The molecule has 1 aromatic heterocycles. The lowest BCUT2D eigenvalue weighted by molar-refractivity contribution is -0.137. The predicted octanol–water partition coefficient (Wildman–Crippen LogP) is 5.33. The molecule has 2 aliphatic carbocycles. The van der Waals surface area contributed by atoms with Gasteiger partial charge in [-0.15, -0.1) is 0 Å². The molecule has 0 saturated heterocycles. The van der Waals surface area contributed by atoms with Crippen LogP contribution in [-0.2, 0) is 6.18 Å². The van der Waals surface area contributed by atoms with E-state index in [4.69, 9.17) is 5.53 Å². The Morgan fingerprint density at radius 3 is 2.59 bits per heavy atom. The lowest BCUT2D eigenvalue weighted by Crippen LogP contribution is -2.46. The van der Waals surface area contributed by atoms with Crippen molar-refractivity contribution in [3.05, 3.63) is 52.0 Å². The van der Waals surface area contributed by atoms with Crippen LogP contribution in [0.25, 0.3) is 21.7 Å². The Balaban J connectivity index is 1.59. The van der Waals surface area contributed by atoms with Crippen molar-refractivity contribution in [2.45, 2.75) is 88.3 Å². The summed E-state index contributed by atoms with van der Waals surface area (Å²) >= 11 is 0. The van der Waals surface area contributed by atoms with Crippen LogP contribution in [0.4, 0.5) is 13.2 Å². The average molecular weight is 520 g/mol. The van der Waals surface area contributed by atoms with Gasteiger partial charge in [-0.05, 0) is 49.8 Å². The molecule has 37 heavy (non-hydrogen) atoms. The lowest BCUT2D eigenvalue weighted by atomic mass is 9.93. The molecule has 0 aliphatic heterocycles. The second-order valence-corrected chi connectivity index (χ2v) is 9.80.